The molecule has 1 aliphatic carbocycles. The average Bonchev–Trinajstić information content (AvgIpc) is 2.50. The first-order valence-electron chi connectivity index (χ1n) is 6.39. The number of aliphatic hydroxyl groups excluding tert-OH is 1. The van der Waals surface area contributed by atoms with Crippen LogP contribution in [0, 0.1) is 11.8 Å². The summed E-state index contributed by atoms with van der Waals surface area (Å²) >= 11 is 0. The zero-order valence-electron chi connectivity index (χ0n) is 10.7. The van der Waals surface area contributed by atoms with E-state index in [1.165, 1.54) is 19.3 Å². The highest BCUT2D eigenvalue weighted by molar-refractivity contribution is 4.80. The molecule has 0 spiro atoms. The van der Waals surface area contributed by atoms with Gasteiger partial charge < -0.3 is 10.0 Å². The Kier molecular flexibility index (Phi) is 5.07. The Bertz CT molecular complexity index is 181. The maximum atomic E-state index is 9.77. The molecule has 0 aromatic carbocycles. The lowest BCUT2D eigenvalue weighted by molar-refractivity contribution is 0.0955. The molecule has 0 aromatic rings. The molecule has 0 saturated heterocycles. The quantitative estimate of drug-likeness (QED) is 0.758. The Morgan fingerprint density at radius 1 is 1.27 bits per heavy atom. The third-order valence-corrected chi connectivity index (χ3v) is 3.71. The normalized spacial score (nSPS) is 29.0. The molecule has 2 heteroatoms. The fourth-order valence-corrected chi connectivity index (χ4v) is 2.64. The third-order valence-electron chi connectivity index (χ3n) is 3.71. The molecule has 0 bridgehead atoms. The summed E-state index contributed by atoms with van der Waals surface area (Å²) in [5, 5.41) is 9.77. The molecule has 1 saturated carbocycles. The Morgan fingerprint density at radius 2 is 1.93 bits per heavy atom. The molecule has 1 aliphatic rings. The minimum Gasteiger partial charge on any atom is -0.393 e. The van der Waals surface area contributed by atoms with E-state index in [0.29, 0.717) is 12.0 Å². The standard InChI is InChI=1S/C13H27NO/c1-10(2)8-11(3)14(4)9-12-6-5-7-13(12)15/h10-13,15H,5-9H2,1-4H3. The van der Waals surface area contributed by atoms with Gasteiger partial charge in [-0.25, -0.2) is 0 Å². The molecule has 3 atom stereocenters. The van der Waals surface area contributed by atoms with Crippen molar-refractivity contribution in [1.82, 2.24) is 4.90 Å². The van der Waals surface area contributed by atoms with Crippen molar-refractivity contribution in [2.24, 2.45) is 11.8 Å². The predicted molar refractivity (Wildman–Crippen MR) is 64.9 cm³/mol. The van der Waals surface area contributed by atoms with Crippen LogP contribution in [-0.2, 0) is 0 Å². The number of hydrogen-bond acceptors (Lipinski definition) is 2. The van der Waals surface area contributed by atoms with Gasteiger partial charge in [0.25, 0.3) is 0 Å². The van der Waals surface area contributed by atoms with Crippen molar-refractivity contribution in [2.75, 3.05) is 13.6 Å². The molecule has 0 aromatic heterocycles. The van der Waals surface area contributed by atoms with Gasteiger partial charge in [-0.3, -0.25) is 0 Å². The first-order chi connectivity index (χ1) is 7.00. The highest BCUT2D eigenvalue weighted by Gasteiger charge is 2.27. The fourth-order valence-electron chi connectivity index (χ4n) is 2.64. The summed E-state index contributed by atoms with van der Waals surface area (Å²) in [6.45, 7) is 7.90. The molecule has 0 radical (unpaired) electrons. The second-order valence-corrected chi connectivity index (χ2v) is 5.68. The molecule has 0 amide bonds. The maximum absolute atomic E-state index is 9.77. The molecule has 15 heavy (non-hydrogen) atoms. The molecule has 0 aliphatic heterocycles. The topological polar surface area (TPSA) is 23.5 Å². The van der Waals surface area contributed by atoms with E-state index in [2.05, 4.69) is 32.7 Å². The smallest absolute Gasteiger partial charge is 0.0580 e. The summed E-state index contributed by atoms with van der Waals surface area (Å²) < 4.78 is 0. The zero-order chi connectivity index (χ0) is 11.4. The van der Waals surface area contributed by atoms with E-state index in [1.807, 2.05) is 0 Å². The van der Waals surface area contributed by atoms with Gasteiger partial charge in [-0.2, -0.15) is 0 Å². The molecule has 1 N–H and O–H groups in total. The van der Waals surface area contributed by atoms with E-state index in [4.69, 9.17) is 0 Å². The first kappa shape index (κ1) is 13.0. The molecule has 90 valence electrons. The van der Waals surface area contributed by atoms with Crippen molar-refractivity contribution in [2.45, 2.75) is 58.6 Å². The number of rotatable bonds is 5. The van der Waals surface area contributed by atoms with Crippen LogP contribution in [0.4, 0.5) is 0 Å². The lowest BCUT2D eigenvalue weighted by Crippen LogP contribution is -2.36. The number of aliphatic hydroxyl groups is 1. The van der Waals surface area contributed by atoms with Crippen molar-refractivity contribution in [3.63, 3.8) is 0 Å². The van der Waals surface area contributed by atoms with Crippen LogP contribution in [0.15, 0.2) is 0 Å². The van der Waals surface area contributed by atoms with E-state index in [1.54, 1.807) is 0 Å². The Labute approximate surface area is 94.7 Å². The van der Waals surface area contributed by atoms with Crippen LogP contribution >= 0.6 is 0 Å². The van der Waals surface area contributed by atoms with Gasteiger partial charge in [0.05, 0.1) is 6.10 Å². The van der Waals surface area contributed by atoms with Crippen LogP contribution in [-0.4, -0.2) is 35.7 Å². The number of nitrogens with zero attached hydrogens (tertiary/aromatic N) is 1. The minimum absolute atomic E-state index is 0.0429. The van der Waals surface area contributed by atoms with E-state index in [9.17, 15) is 5.11 Å². The first-order valence-corrected chi connectivity index (χ1v) is 6.39. The Hall–Kier alpha value is -0.0800. The van der Waals surface area contributed by atoms with Crippen molar-refractivity contribution >= 4 is 0 Å². The van der Waals surface area contributed by atoms with E-state index < -0.39 is 0 Å². The lowest BCUT2D eigenvalue weighted by atomic mass is 10.0. The van der Waals surface area contributed by atoms with Gasteiger partial charge >= 0.3 is 0 Å². The van der Waals surface area contributed by atoms with Crippen LogP contribution in [0.2, 0.25) is 0 Å². The van der Waals surface area contributed by atoms with Gasteiger partial charge in [0.2, 0.25) is 0 Å². The summed E-state index contributed by atoms with van der Waals surface area (Å²) in [4.78, 5) is 2.42. The zero-order valence-corrected chi connectivity index (χ0v) is 10.7. The highest BCUT2D eigenvalue weighted by atomic mass is 16.3. The highest BCUT2D eigenvalue weighted by Crippen LogP contribution is 2.26. The summed E-state index contributed by atoms with van der Waals surface area (Å²) in [7, 11) is 2.19. The van der Waals surface area contributed by atoms with Crippen LogP contribution in [0.1, 0.15) is 46.5 Å². The van der Waals surface area contributed by atoms with Gasteiger partial charge in [0.1, 0.15) is 0 Å². The second kappa shape index (κ2) is 5.86. The third kappa shape index (κ3) is 4.12. The summed E-state index contributed by atoms with van der Waals surface area (Å²) in [5.74, 6) is 1.28. The molecule has 3 unspecified atom stereocenters. The second-order valence-electron chi connectivity index (χ2n) is 5.68. The Morgan fingerprint density at radius 3 is 2.40 bits per heavy atom. The van der Waals surface area contributed by atoms with Crippen molar-refractivity contribution in [3.05, 3.63) is 0 Å². The van der Waals surface area contributed by atoms with Crippen molar-refractivity contribution < 1.29 is 5.11 Å². The molecule has 1 rings (SSSR count). The van der Waals surface area contributed by atoms with Crippen molar-refractivity contribution in [1.29, 1.82) is 0 Å². The SMILES string of the molecule is CC(C)CC(C)N(C)CC1CCCC1O. The lowest BCUT2D eigenvalue weighted by Gasteiger charge is -2.29. The molecule has 1 fully saturated rings. The molecule has 0 heterocycles. The van der Waals surface area contributed by atoms with Gasteiger partial charge in [-0.05, 0) is 45.1 Å². The van der Waals surface area contributed by atoms with Crippen LogP contribution in [0.25, 0.3) is 0 Å². The van der Waals surface area contributed by atoms with Crippen LogP contribution in [0.5, 0.6) is 0 Å². The fraction of sp³-hybridized carbons (Fsp3) is 1.00. The van der Waals surface area contributed by atoms with E-state index >= 15 is 0 Å². The number of hydrogen-bond donors (Lipinski definition) is 1. The van der Waals surface area contributed by atoms with Crippen LogP contribution < -0.4 is 0 Å². The van der Waals surface area contributed by atoms with Crippen LogP contribution in [0.3, 0.4) is 0 Å². The van der Waals surface area contributed by atoms with Gasteiger partial charge in [-0.1, -0.05) is 20.3 Å². The largest absolute Gasteiger partial charge is 0.393 e. The summed E-state index contributed by atoms with van der Waals surface area (Å²) in [6.07, 6.45) is 4.63. The van der Waals surface area contributed by atoms with Crippen molar-refractivity contribution in [3.8, 4) is 0 Å². The molecular formula is C13H27NO. The van der Waals surface area contributed by atoms with Gasteiger partial charge in [-0.15, -0.1) is 0 Å². The molecular weight excluding hydrogens is 186 g/mol. The van der Waals surface area contributed by atoms with E-state index in [0.717, 1.165) is 18.9 Å². The Balaban J connectivity index is 2.30. The summed E-state index contributed by atoms with van der Waals surface area (Å²) in [5.41, 5.74) is 0. The summed E-state index contributed by atoms with van der Waals surface area (Å²) in [6, 6.07) is 0.637. The van der Waals surface area contributed by atoms with Gasteiger partial charge in [0.15, 0.2) is 0 Å². The molecule has 2 nitrogen and oxygen atoms in total. The minimum atomic E-state index is -0.0429. The maximum Gasteiger partial charge on any atom is 0.0580 e. The van der Waals surface area contributed by atoms with Gasteiger partial charge in [0, 0.05) is 12.6 Å². The predicted octanol–water partition coefficient (Wildman–Crippen LogP) is 2.51. The van der Waals surface area contributed by atoms with E-state index in [-0.39, 0.29) is 6.10 Å². The average molecular weight is 213 g/mol. The monoisotopic (exact) mass is 213 g/mol.